The van der Waals surface area contributed by atoms with Crippen molar-refractivity contribution in [1.29, 1.82) is 0 Å². The highest BCUT2D eigenvalue weighted by Gasteiger charge is 2.50. The van der Waals surface area contributed by atoms with Gasteiger partial charge in [0, 0.05) is 12.8 Å². The Hall–Kier alpha value is -1.14. The van der Waals surface area contributed by atoms with Gasteiger partial charge in [-0.25, -0.2) is 0 Å². The van der Waals surface area contributed by atoms with E-state index in [1.807, 2.05) is 0 Å². The van der Waals surface area contributed by atoms with Gasteiger partial charge >= 0.3 is 11.9 Å². The number of carbonyl (C=O) groups is 2. The molecular weight excluding hydrogens is 612 g/mol. The number of hydrogen-bond donors (Lipinski definition) is 0. The van der Waals surface area contributed by atoms with E-state index in [4.69, 9.17) is 18.9 Å². The summed E-state index contributed by atoms with van der Waals surface area (Å²) >= 11 is 0. The first-order chi connectivity index (χ1) is 22.5. The van der Waals surface area contributed by atoms with E-state index in [2.05, 4.69) is 96.9 Å². The lowest BCUT2D eigenvalue weighted by Crippen LogP contribution is -2.40. The van der Waals surface area contributed by atoms with Crippen molar-refractivity contribution in [3.05, 3.63) is 0 Å². The second-order valence-electron chi connectivity index (χ2n) is 21.1. The van der Waals surface area contributed by atoms with Gasteiger partial charge in [0.15, 0.2) is 0 Å². The van der Waals surface area contributed by atoms with Crippen molar-refractivity contribution < 1.29 is 28.5 Å². The molecule has 2 bridgehead atoms. The van der Waals surface area contributed by atoms with Crippen LogP contribution < -0.4 is 0 Å². The monoisotopic (exact) mass is 691 g/mol. The summed E-state index contributed by atoms with van der Waals surface area (Å²) in [5, 5.41) is 0. The first-order valence-corrected chi connectivity index (χ1v) is 20.2. The van der Waals surface area contributed by atoms with E-state index in [9.17, 15) is 9.59 Å². The molecule has 0 aliphatic heterocycles. The van der Waals surface area contributed by atoms with Crippen LogP contribution in [0, 0.1) is 57.2 Å². The predicted octanol–water partition coefficient (Wildman–Crippen LogP) is 11.5. The first-order valence-electron chi connectivity index (χ1n) is 20.2. The Morgan fingerprint density at radius 2 is 1.14 bits per heavy atom. The van der Waals surface area contributed by atoms with Crippen LogP contribution in [0.2, 0.25) is 0 Å². The predicted molar refractivity (Wildman–Crippen MR) is 200 cm³/mol. The molecular formula is C43H78O6. The normalized spacial score (nSPS) is 27.0. The van der Waals surface area contributed by atoms with Crippen LogP contribution in [0.4, 0.5) is 0 Å². The zero-order valence-corrected chi connectivity index (χ0v) is 34.4. The zero-order valence-electron chi connectivity index (χ0n) is 34.4. The van der Waals surface area contributed by atoms with Gasteiger partial charge in [-0.15, -0.1) is 0 Å². The first kappa shape index (κ1) is 42.3. The minimum Gasteiger partial charge on any atom is -0.436 e. The van der Waals surface area contributed by atoms with Crippen molar-refractivity contribution in [3.8, 4) is 0 Å². The number of esters is 2. The number of hydrogen-bond acceptors (Lipinski definition) is 6. The van der Waals surface area contributed by atoms with Crippen molar-refractivity contribution in [2.75, 3.05) is 0 Å². The summed E-state index contributed by atoms with van der Waals surface area (Å²) in [5.74, 6) is 1.21. The van der Waals surface area contributed by atoms with Crippen LogP contribution in [0.15, 0.2) is 0 Å². The summed E-state index contributed by atoms with van der Waals surface area (Å²) < 4.78 is 26.0. The summed E-state index contributed by atoms with van der Waals surface area (Å²) in [7, 11) is 0. The van der Waals surface area contributed by atoms with E-state index >= 15 is 0 Å². The van der Waals surface area contributed by atoms with Crippen molar-refractivity contribution in [2.45, 2.75) is 205 Å². The number of carbonyl (C=O) groups excluding carboxylic acids is 2. The Balaban J connectivity index is 1.72. The van der Waals surface area contributed by atoms with Crippen LogP contribution in [0.1, 0.15) is 180 Å². The molecule has 3 aliphatic rings. The Labute approximate surface area is 302 Å². The summed E-state index contributed by atoms with van der Waals surface area (Å²) in [6, 6.07) is 0. The van der Waals surface area contributed by atoms with E-state index in [-0.39, 0.29) is 57.6 Å². The summed E-state index contributed by atoms with van der Waals surface area (Å²) in [6.07, 6.45) is 12.4. The molecule has 0 aromatic rings. The van der Waals surface area contributed by atoms with Gasteiger partial charge in [-0.3, -0.25) is 9.59 Å². The molecule has 6 heteroatoms. The largest absolute Gasteiger partial charge is 0.436 e. The molecule has 3 aliphatic carbocycles. The number of fused-ring (bicyclic) bond motifs is 2. The fourth-order valence-electron chi connectivity index (χ4n) is 8.85. The Morgan fingerprint density at radius 3 is 1.61 bits per heavy atom. The molecule has 3 rings (SSSR count). The Morgan fingerprint density at radius 1 is 0.653 bits per heavy atom. The molecule has 3 fully saturated rings. The topological polar surface area (TPSA) is 71.1 Å². The lowest BCUT2D eigenvalue weighted by atomic mass is 9.72. The fourth-order valence-corrected chi connectivity index (χ4v) is 8.85. The van der Waals surface area contributed by atoms with Gasteiger partial charge in [0.2, 0.25) is 12.6 Å². The van der Waals surface area contributed by atoms with Gasteiger partial charge in [0.1, 0.15) is 0 Å². The van der Waals surface area contributed by atoms with Crippen molar-refractivity contribution in [3.63, 3.8) is 0 Å². The number of rotatable bonds is 15. The molecule has 0 saturated heterocycles. The SMILES string of the molecule is CCC(OC(=O)C(CC(C)(C)C)C(C)(C)C)OC1C2CCC(C2)C1CC(C)CC(OC(=O)C(CC(C)(C)C)C(C)(C)C)OC1CCCCC1. The van der Waals surface area contributed by atoms with Crippen molar-refractivity contribution in [2.24, 2.45) is 57.2 Å². The van der Waals surface area contributed by atoms with Gasteiger partial charge in [-0.05, 0) is 96.7 Å². The lowest BCUT2D eigenvalue weighted by Gasteiger charge is -2.38. The maximum atomic E-state index is 13.9. The zero-order chi connectivity index (χ0) is 36.9. The van der Waals surface area contributed by atoms with Crippen molar-refractivity contribution in [1.82, 2.24) is 0 Å². The second kappa shape index (κ2) is 17.1. The average Bonchev–Trinajstić information content (AvgIpc) is 3.55. The summed E-state index contributed by atoms with van der Waals surface area (Å²) in [5.41, 5.74) is -0.339. The van der Waals surface area contributed by atoms with Gasteiger partial charge < -0.3 is 18.9 Å². The van der Waals surface area contributed by atoms with Crippen LogP contribution in [0.5, 0.6) is 0 Å². The molecule has 286 valence electrons. The van der Waals surface area contributed by atoms with Gasteiger partial charge in [-0.2, -0.15) is 0 Å². The Bertz CT molecular complexity index is 1030. The highest BCUT2D eigenvalue weighted by molar-refractivity contribution is 5.74. The van der Waals surface area contributed by atoms with E-state index in [1.165, 1.54) is 38.5 Å². The van der Waals surface area contributed by atoms with E-state index in [1.54, 1.807) is 0 Å². The molecule has 9 unspecified atom stereocenters. The van der Waals surface area contributed by atoms with Gasteiger partial charge in [0.05, 0.1) is 24.0 Å². The smallest absolute Gasteiger partial charge is 0.311 e. The molecule has 3 saturated carbocycles. The summed E-state index contributed by atoms with van der Waals surface area (Å²) in [4.78, 5) is 27.5. The van der Waals surface area contributed by atoms with E-state index in [0.29, 0.717) is 36.5 Å². The molecule has 0 N–H and O–H groups in total. The number of ether oxygens (including phenoxy) is 4. The second-order valence-corrected chi connectivity index (χ2v) is 21.1. The van der Waals surface area contributed by atoms with Crippen LogP contribution in [-0.2, 0) is 28.5 Å². The molecule has 0 spiro atoms. The van der Waals surface area contributed by atoms with Gasteiger partial charge in [-0.1, -0.05) is 116 Å². The lowest BCUT2D eigenvalue weighted by molar-refractivity contribution is -0.212. The third kappa shape index (κ3) is 13.4. The molecule has 0 radical (unpaired) electrons. The highest BCUT2D eigenvalue weighted by Crippen LogP contribution is 2.53. The van der Waals surface area contributed by atoms with Crippen LogP contribution in [0.25, 0.3) is 0 Å². The van der Waals surface area contributed by atoms with E-state index in [0.717, 1.165) is 32.1 Å². The summed E-state index contributed by atoms with van der Waals surface area (Å²) in [6.45, 7) is 30.4. The van der Waals surface area contributed by atoms with Crippen LogP contribution >= 0.6 is 0 Å². The molecule has 0 aromatic heterocycles. The third-order valence-corrected chi connectivity index (χ3v) is 11.6. The molecule has 9 atom stereocenters. The molecule has 0 heterocycles. The fraction of sp³-hybridized carbons (Fsp3) is 0.953. The minimum atomic E-state index is -0.533. The average molecular weight is 691 g/mol. The van der Waals surface area contributed by atoms with Crippen LogP contribution in [-0.4, -0.2) is 36.7 Å². The van der Waals surface area contributed by atoms with Gasteiger partial charge in [0.25, 0.3) is 0 Å². The Kier molecular flexibility index (Phi) is 14.8. The van der Waals surface area contributed by atoms with Crippen molar-refractivity contribution >= 4 is 11.9 Å². The van der Waals surface area contributed by atoms with E-state index < -0.39 is 12.6 Å². The minimum absolute atomic E-state index is 0.0195. The third-order valence-electron chi connectivity index (χ3n) is 11.6. The van der Waals surface area contributed by atoms with Crippen LogP contribution in [0.3, 0.4) is 0 Å². The quantitative estimate of drug-likeness (QED) is 0.126. The maximum Gasteiger partial charge on any atom is 0.311 e. The highest BCUT2D eigenvalue weighted by atomic mass is 16.7. The molecule has 49 heavy (non-hydrogen) atoms. The molecule has 0 aromatic carbocycles. The standard InChI is InChI=1S/C43H78O6/c1-15-35(48-38(44)33(42(9,10)11)26-40(3,4)5)47-37-30-22-21-29(25-30)32(37)23-28(2)24-36(46-31-19-17-16-18-20-31)49-39(45)34(43(12,13)14)27-41(6,7)8/h28-37H,15-27H2,1-14H3. The maximum absolute atomic E-state index is 13.9. The molecule has 0 amide bonds. The molecule has 6 nitrogen and oxygen atoms in total.